The molecule has 1 aromatic carbocycles. The van der Waals surface area contributed by atoms with Gasteiger partial charge in [0.15, 0.2) is 5.15 Å². The maximum atomic E-state index is 5.86. The first-order chi connectivity index (χ1) is 7.16. The number of hydrogen-bond acceptors (Lipinski definition) is 2. The Morgan fingerprint density at radius 1 is 1.20 bits per heavy atom. The van der Waals surface area contributed by atoms with Crippen LogP contribution in [-0.4, -0.2) is 4.98 Å². The Hall–Kier alpha value is -1.06. The number of nitrogens with zero attached hydrogens (tertiary/aromatic N) is 1. The normalized spacial score (nSPS) is 10.3. The number of nitrogen functional groups attached to an aromatic ring is 1. The van der Waals surface area contributed by atoms with Gasteiger partial charge in [0.05, 0.1) is 11.4 Å². The van der Waals surface area contributed by atoms with Crippen LogP contribution in [-0.2, 0) is 0 Å². The number of hydrogen-bond donors (Lipinski definition) is 1. The van der Waals surface area contributed by atoms with Crippen LogP contribution in [0.25, 0.3) is 11.3 Å². The summed E-state index contributed by atoms with van der Waals surface area (Å²) in [6.07, 6.45) is 0. The van der Waals surface area contributed by atoms with E-state index in [1.807, 2.05) is 30.3 Å². The summed E-state index contributed by atoms with van der Waals surface area (Å²) in [5, 5.41) is 0.340. The monoisotopic (exact) mass is 282 g/mol. The highest BCUT2D eigenvalue weighted by Crippen LogP contribution is 2.24. The van der Waals surface area contributed by atoms with Crippen LogP contribution in [0.1, 0.15) is 0 Å². The third-order valence-corrected chi connectivity index (χ3v) is 2.79. The molecule has 1 aromatic heterocycles. The predicted octanol–water partition coefficient (Wildman–Crippen LogP) is 3.75. The fourth-order valence-corrected chi connectivity index (χ4v) is 1.81. The van der Waals surface area contributed by atoms with Crippen LogP contribution >= 0.6 is 27.5 Å². The molecule has 2 aromatic rings. The van der Waals surface area contributed by atoms with Gasteiger partial charge in [-0.15, -0.1) is 0 Å². The van der Waals surface area contributed by atoms with Gasteiger partial charge in [-0.3, -0.25) is 0 Å². The van der Waals surface area contributed by atoms with E-state index in [-0.39, 0.29) is 0 Å². The Morgan fingerprint density at radius 2 is 2.00 bits per heavy atom. The van der Waals surface area contributed by atoms with Crippen LogP contribution in [0.3, 0.4) is 0 Å². The average molecular weight is 284 g/mol. The molecular weight excluding hydrogens is 275 g/mol. The van der Waals surface area contributed by atoms with E-state index in [1.165, 1.54) is 0 Å². The summed E-state index contributed by atoms with van der Waals surface area (Å²) >= 11 is 9.26. The topological polar surface area (TPSA) is 38.9 Å². The zero-order valence-corrected chi connectivity index (χ0v) is 10.1. The van der Waals surface area contributed by atoms with Gasteiger partial charge in [-0.2, -0.15) is 0 Å². The molecular formula is C11H8BrClN2. The van der Waals surface area contributed by atoms with Gasteiger partial charge < -0.3 is 5.73 Å². The van der Waals surface area contributed by atoms with Crippen LogP contribution < -0.4 is 5.73 Å². The molecule has 0 radical (unpaired) electrons. The van der Waals surface area contributed by atoms with Crippen molar-refractivity contribution >= 4 is 33.2 Å². The van der Waals surface area contributed by atoms with E-state index in [0.717, 1.165) is 15.7 Å². The van der Waals surface area contributed by atoms with Gasteiger partial charge in [0, 0.05) is 10.0 Å². The van der Waals surface area contributed by atoms with Crippen LogP contribution in [0.2, 0.25) is 5.15 Å². The van der Waals surface area contributed by atoms with Crippen molar-refractivity contribution in [2.75, 3.05) is 5.73 Å². The van der Waals surface area contributed by atoms with E-state index in [9.17, 15) is 0 Å². The second-order valence-corrected chi connectivity index (χ2v) is 4.36. The van der Waals surface area contributed by atoms with E-state index < -0.39 is 0 Å². The standard InChI is InChI=1S/C11H8BrClN2/c12-8-3-1-2-7(6-8)10-5-4-9(14)11(13)15-10/h1-6H,14H2. The first kappa shape index (κ1) is 10.5. The number of rotatable bonds is 1. The maximum absolute atomic E-state index is 5.86. The van der Waals surface area contributed by atoms with E-state index >= 15 is 0 Å². The summed E-state index contributed by atoms with van der Waals surface area (Å²) in [5.41, 5.74) is 7.91. The fourth-order valence-electron chi connectivity index (χ4n) is 1.25. The van der Waals surface area contributed by atoms with Crippen molar-refractivity contribution < 1.29 is 0 Å². The number of aromatic nitrogens is 1. The van der Waals surface area contributed by atoms with Crippen molar-refractivity contribution in [2.24, 2.45) is 0 Å². The van der Waals surface area contributed by atoms with Crippen molar-refractivity contribution in [3.05, 3.63) is 46.0 Å². The third kappa shape index (κ3) is 2.30. The zero-order chi connectivity index (χ0) is 10.8. The highest BCUT2D eigenvalue weighted by atomic mass is 79.9. The lowest BCUT2D eigenvalue weighted by atomic mass is 10.1. The molecule has 76 valence electrons. The molecule has 0 spiro atoms. The van der Waals surface area contributed by atoms with Crippen molar-refractivity contribution in [3.63, 3.8) is 0 Å². The van der Waals surface area contributed by atoms with Crippen molar-refractivity contribution in [3.8, 4) is 11.3 Å². The molecule has 0 bridgehead atoms. The van der Waals surface area contributed by atoms with Gasteiger partial charge in [-0.1, -0.05) is 39.7 Å². The van der Waals surface area contributed by atoms with Gasteiger partial charge in [-0.25, -0.2) is 4.98 Å². The number of benzene rings is 1. The minimum absolute atomic E-state index is 0.340. The van der Waals surface area contributed by atoms with Gasteiger partial charge >= 0.3 is 0 Å². The van der Waals surface area contributed by atoms with Crippen LogP contribution in [0.4, 0.5) is 5.69 Å². The summed E-state index contributed by atoms with van der Waals surface area (Å²) in [6.45, 7) is 0. The number of nitrogens with two attached hydrogens (primary N) is 1. The molecule has 2 N–H and O–H groups in total. The molecule has 15 heavy (non-hydrogen) atoms. The van der Waals surface area contributed by atoms with E-state index in [4.69, 9.17) is 17.3 Å². The predicted molar refractivity (Wildman–Crippen MR) is 66.8 cm³/mol. The Bertz CT molecular complexity index is 500. The van der Waals surface area contributed by atoms with Gasteiger partial charge in [0.1, 0.15) is 0 Å². The number of halogens is 2. The van der Waals surface area contributed by atoms with Crippen LogP contribution in [0.5, 0.6) is 0 Å². The second kappa shape index (κ2) is 4.21. The average Bonchev–Trinajstić information content (AvgIpc) is 2.22. The molecule has 0 unspecified atom stereocenters. The third-order valence-electron chi connectivity index (χ3n) is 2.00. The molecule has 0 saturated carbocycles. The van der Waals surface area contributed by atoms with Gasteiger partial charge in [-0.05, 0) is 24.3 Å². The zero-order valence-electron chi connectivity index (χ0n) is 7.74. The van der Waals surface area contributed by atoms with Gasteiger partial charge in [0.25, 0.3) is 0 Å². The minimum atomic E-state index is 0.340. The first-order valence-corrected chi connectivity index (χ1v) is 5.52. The van der Waals surface area contributed by atoms with E-state index in [1.54, 1.807) is 6.07 Å². The molecule has 0 aliphatic heterocycles. The molecule has 2 rings (SSSR count). The smallest absolute Gasteiger partial charge is 0.152 e. The summed E-state index contributed by atoms with van der Waals surface area (Å²) < 4.78 is 1.01. The SMILES string of the molecule is Nc1ccc(-c2cccc(Br)c2)nc1Cl. The molecule has 0 fully saturated rings. The summed E-state index contributed by atoms with van der Waals surface area (Å²) in [6, 6.07) is 11.5. The summed E-state index contributed by atoms with van der Waals surface area (Å²) in [4.78, 5) is 4.20. The van der Waals surface area contributed by atoms with Crippen molar-refractivity contribution in [2.45, 2.75) is 0 Å². The van der Waals surface area contributed by atoms with Crippen molar-refractivity contribution in [1.82, 2.24) is 4.98 Å². The first-order valence-electron chi connectivity index (χ1n) is 4.35. The Morgan fingerprint density at radius 3 is 2.67 bits per heavy atom. The van der Waals surface area contributed by atoms with E-state index in [2.05, 4.69) is 20.9 Å². The fraction of sp³-hybridized carbons (Fsp3) is 0. The lowest BCUT2D eigenvalue weighted by Crippen LogP contribution is -1.90. The minimum Gasteiger partial charge on any atom is -0.396 e. The maximum Gasteiger partial charge on any atom is 0.152 e. The lowest BCUT2D eigenvalue weighted by Gasteiger charge is -2.03. The molecule has 0 aliphatic carbocycles. The Balaban J connectivity index is 2.50. The molecule has 2 nitrogen and oxygen atoms in total. The second-order valence-electron chi connectivity index (χ2n) is 3.09. The van der Waals surface area contributed by atoms with Crippen LogP contribution in [0.15, 0.2) is 40.9 Å². The molecule has 4 heteroatoms. The summed E-state index contributed by atoms with van der Waals surface area (Å²) in [7, 11) is 0. The highest BCUT2D eigenvalue weighted by Gasteiger charge is 2.03. The molecule has 0 amide bonds. The Labute approximate surface area is 101 Å². The molecule has 0 atom stereocenters. The lowest BCUT2D eigenvalue weighted by molar-refractivity contribution is 1.33. The molecule has 0 saturated heterocycles. The highest BCUT2D eigenvalue weighted by molar-refractivity contribution is 9.10. The number of anilines is 1. The molecule has 1 heterocycles. The summed E-state index contributed by atoms with van der Waals surface area (Å²) in [5.74, 6) is 0. The van der Waals surface area contributed by atoms with Crippen LogP contribution in [0, 0.1) is 0 Å². The number of pyridine rings is 1. The molecule has 0 aliphatic rings. The van der Waals surface area contributed by atoms with E-state index in [0.29, 0.717) is 10.8 Å². The largest absolute Gasteiger partial charge is 0.396 e. The van der Waals surface area contributed by atoms with Gasteiger partial charge in [0.2, 0.25) is 0 Å². The van der Waals surface area contributed by atoms with Crippen molar-refractivity contribution in [1.29, 1.82) is 0 Å². The Kier molecular flexibility index (Phi) is 2.93. The quantitative estimate of drug-likeness (QED) is 0.810.